The van der Waals surface area contributed by atoms with Gasteiger partial charge >= 0.3 is 6.09 Å². The number of nitrogens with zero attached hydrogens (tertiary/aromatic N) is 4. The van der Waals surface area contributed by atoms with Crippen LogP contribution in [0.5, 0.6) is 5.88 Å². The molecule has 182 valence electrons. The van der Waals surface area contributed by atoms with Crippen molar-refractivity contribution in [2.75, 3.05) is 18.1 Å². The van der Waals surface area contributed by atoms with Gasteiger partial charge in [-0.25, -0.2) is 14.2 Å². The smallest absolute Gasteiger partial charge is 0.414 e. The Bertz CT molecular complexity index is 1140. The van der Waals surface area contributed by atoms with E-state index in [1.807, 2.05) is 6.20 Å². The highest BCUT2D eigenvalue weighted by Gasteiger charge is 2.33. The second-order valence-corrected chi connectivity index (χ2v) is 11.9. The Morgan fingerprint density at radius 3 is 2.71 bits per heavy atom. The Hall–Kier alpha value is -3.18. The van der Waals surface area contributed by atoms with Gasteiger partial charge in [0.25, 0.3) is 5.88 Å². The van der Waals surface area contributed by atoms with Gasteiger partial charge in [0.2, 0.25) is 0 Å². The summed E-state index contributed by atoms with van der Waals surface area (Å²) in [4.78, 5) is 18.5. The molecule has 11 heteroatoms. The molecule has 0 spiro atoms. The van der Waals surface area contributed by atoms with Crippen LogP contribution in [0, 0.1) is 5.82 Å². The molecule has 0 unspecified atom stereocenters. The fourth-order valence-electron chi connectivity index (χ4n) is 3.46. The number of imidazole rings is 1. The SMILES string of the molecule is C[SiH](C)OCc1nc(C(C)(C)C)cn1-c1ccc(N2C[C@@H](COc3ccon3)OC2=O)cc1F. The van der Waals surface area contributed by atoms with Gasteiger partial charge < -0.3 is 18.4 Å². The van der Waals surface area contributed by atoms with Crippen molar-refractivity contribution in [1.29, 1.82) is 0 Å². The quantitative estimate of drug-likeness (QED) is 0.439. The number of cyclic esters (lactones) is 1. The fourth-order valence-corrected chi connectivity index (χ4v) is 3.95. The number of anilines is 1. The lowest BCUT2D eigenvalue weighted by atomic mass is 9.93. The van der Waals surface area contributed by atoms with Crippen LogP contribution in [-0.4, -0.2) is 49.1 Å². The number of ether oxygens (including phenoxy) is 2. The van der Waals surface area contributed by atoms with Crippen molar-refractivity contribution in [1.82, 2.24) is 14.7 Å². The number of amides is 1. The molecule has 0 aliphatic carbocycles. The fraction of sp³-hybridized carbons (Fsp3) is 0.435. The lowest BCUT2D eigenvalue weighted by Gasteiger charge is -2.16. The molecule has 1 aliphatic rings. The molecule has 1 atom stereocenters. The maximum absolute atomic E-state index is 15.3. The third-order valence-corrected chi connectivity index (χ3v) is 6.13. The van der Waals surface area contributed by atoms with Crippen LogP contribution in [0.1, 0.15) is 32.3 Å². The number of carbonyl (C=O) groups excluding carboxylic acids is 1. The van der Waals surface area contributed by atoms with Gasteiger partial charge in [0, 0.05) is 17.7 Å². The topological polar surface area (TPSA) is 91.8 Å². The van der Waals surface area contributed by atoms with Gasteiger partial charge in [0.15, 0.2) is 15.1 Å². The summed E-state index contributed by atoms with van der Waals surface area (Å²) in [6, 6.07) is 6.23. The molecule has 1 aromatic carbocycles. The van der Waals surface area contributed by atoms with Gasteiger partial charge in [0.05, 0.1) is 30.2 Å². The molecule has 1 aliphatic heterocycles. The first-order chi connectivity index (χ1) is 16.1. The molecular formula is C23H29FN4O5Si. The molecule has 34 heavy (non-hydrogen) atoms. The van der Waals surface area contributed by atoms with Crippen LogP contribution in [0.3, 0.4) is 0 Å². The summed E-state index contributed by atoms with van der Waals surface area (Å²) in [5.41, 5.74) is 1.39. The maximum Gasteiger partial charge on any atom is 0.414 e. The molecule has 9 nitrogen and oxygen atoms in total. The van der Waals surface area contributed by atoms with Crippen LogP contribution in [0.15, 0.2) is 41.2 Å². The average Bonchev–Trinajstić information content (AvgIpc) is 3.50. The molecule has 1 fully saturated rings. The van der Waals surface area contributed by atoms with E-state index in [1.165, 1.54) is 17.2 Å². The number of hydrogen-bond acceptors (Lipinski definition) is 7. The zero-order valence-corrected chi connectivity index (χ0v) is 21.1. The van der Waals surface area contributed by atoms with Crippen LogP contribution in [0.4, 0.5) is 14.9 Å². The first kappa shape index (κ1) is 24.0. The predicted molar refractivity (Wildman–Crippen MR) is 126 cm³/mol. The Kier molecular flexibility index (Phi) is 6.76. The van der Waals surface area contributed by atoms with E-state index in [0.29, 0.717) is 29.7 Å². The van der Waals surface area contributed by atoms with Crippen molar-refractivity contribution in [2.45, 2.75) is 52.0 Å². The van der Waals surface area contributed by atoms with Crippen molar-refractivity contribution < 1.29 is 27.6 Å². The highest BCUT2D eigenvalue weighted by molar-refractivity contribution is 6.48. The van der Waals surface area contributed by atoms with E-state index < -0.39 is 27.1 Å². The normalized spacial score (nSPS) is 16.4. The van der Waals surface area contributed by atoms with Gasteiger partial charge in [0.1, 0.15) is 24.5 Å². The van der Waals surface area contributed by atoms with E-state index >= 15 is 4.39 Å². The lowest BCUT2D eigenvalue weighted by Crippen LogP contribution is -2.26. The second-order valence-electron chi connectivity index (χ2n) is 9.42. The van der Waals surface area contributed by atoms with Crippen LogP contribution >= 0.6 is 0 Å². The van der Waals surface area contributed by atoms with E-state index in [0.717, 1.165) is 5.69 Å². The minimum Gasteiger partial charge on any atom is -0.471 e. The van der Waals surface area contributed by atoms with Crippen LogP contribution < -0.4 is 9.64 Å². The minimum atomic E-state index is -1.28. The molecule has 4 rings (SSSR count). The lowest BCUT2D eigenvalue weighted by molar-refractivity contribution is 0.102. The van der Waals surface area contributed by atoms with Crippen LogP contribution in [-0.2, 0) is 21.2 Å². The molecule has 2 aromatic heterocycles. The van der Waals surface area contributed by atoms with Crippen molar-refractivity contribution in [2.24, 2.45) is 0 Å². The zero-order chi connectivity index (χ0) is 24.5. The van der Waals surface area contributed by atoms with Gasteiger partial charge in [-0.15, -0.1) is 0 Å². The summed E-state index contributed by atoms with van der Waals surface area (Å²) in [6.45, 7) is 11.0. The maximum atomic E-state index is 15.3. The molecule has 1 amide bonds. The summed E-state index contributed by atoms with van der Waals surface area (Å²) in [5.74, 6) is 0.469. The van der Waals surface area contributed by atoms with Crippen molar-refractivity contribution in [3.05, 3.63) is 54.1 Å². The highest BCUT2D eigenvalue weighted by Crippen LogP contribution is 2.29. The molecule has 0 bridgehead atoms. The third-order valence-electron chi connectivity index (χ3n) is 5.30. The molecule has 3 aromatic rings. The molecule has 0 saturated carbocycles. The predicted octanol–water partition coefficient (Wildman–Crippen LogP) is 4.20. The number of benzene rings is 1. The Labute approximate surface area is 199 Å². The number of aromatic nitrogens is 3. The number of hydrogen-bond donors (Lipinski definition) is 0. The summed E-state index contributed by atoms with van der Waals surface area (Å²) in [7, 11) is -1.28. The number of rotatable bonds is 8. The third kappa shape index (κ3) is 5.31. The van der Waals surface area contributed by atoms with Gasteiger partial charge in [-0.3, -0.25) is 9.47 Å². The van der Waals surface area contributed by atoms with Gasteiger partial charge in [-0.1, -0.05) is 20.8 Å². The van der Waals surface area contributed by atoms with Gasteiger partial charge in [-0.05, 0) is 36.4 Å². The highest BCUT2D eigenvalue weighted by atomic mass is 28.3. The van der Waals surface area contributed by atoms with E-state index in [1.54, 1.807) is 22.8 Å². The average molecular weight is 489 g/mol. The molecular weight excluding hydrogens is 459 g/mol. The zero-order valence-electron chi connectivity index (χ0n) is 19.9. The van der Waals surface area contributed by atoms with Crippen molar-refractivity contribution in [3.8, 4) is 11.6 Å². The van der Waals surface area contributed by atoms with E-state index in [-0.39, 0.29) is 18.6 Å². The van der Waals surface area contributed by atoms with E-state index in [4.69, 9.17) is 23.4 Å². The first-order valence-electron chi connectivity index (χ1n) is 11.1. The van der Waals surface area contributed by atoms with Gasteiger partial charge in [-0.2, -0.15) is 0 Å². The largest absolute Gasteiger partial charge is 0.471 e. The molecule has 3 heterocycles. The van der Waals surface area contributed by atoms with Crippen LogP contribution in [0.25, 0.3) is 5.69 Å². The number of halogens is 1. The van der Waals surface area contributed by atoms with E-state index in [9.17, 15) is 4.79 Å². The van der Waals surface area contributed by atoms with Crippen molar-refractivity contribution in [3.63, 3.8) is 0 Å². The summed E-state index contributed by atoms with van der Waals surface area (Å²) in [6.07, 6.45) is 2.16. The summed E-state index contributed by atoms with van der Waals surface area (Å²) < 4.78 is 38.4. The Morgan fingerprint density at radius 2 is 2.06 bits per heavy atom. The van der Waals surface area contributed by atoms with E-state index in [2.05, 4.69) is 39.0 Å². The second kappa shape index (κ2) is 9.59. The monoisotopic (exact) mass is 488 g/mol. The minimum absolute atomic E-state index is 0.114. The Morgan fingerprint density at radius 1 is 1.26 bits per heavy atom. The Balaban J connectivity index is 1.54. The van der Waals surface area contributed by atoms with Crippen LogP contribution in [0.2, 0.25) is 13.1 Å². The van der Waals surface area contributed by atoms with Crippen molar-refractivity contribution >= 4 is 20.8 Å². The standard InChI is InChI=1S/C23H29FN4O5Si/c1-23(2,3)19-12-28(20(25-19)14-32-34(4)5)18-7-6-15(10-17(18)24)27-11-16(33-22(27)29)13-30-21-8-9-31-26-21/h6-10,12,16,34H,11,13-14H2,1-5H3/t16-/m0/s1. The summed E-state index contributed by atoms with van der Waals surface area (Å²) in [5, 5.41) is 3.65. The molecule has 0 radical (unpaired) electrons. The molecule has 0 N–H and O–H groups in total. The molecule has 1 saturated heterocycles. The summed E-state index contributed by atoms with van der Waals surface area (Å²) >= 11 is 0. The first-order valence-corrected chi connectivity index (χ1v) is 13.9. The number of carbonyl (C=O) groups is 1.